The Kier molecular flexibility index (Phi) is 6.41. The standard InChI is InChI=1S/C18H21NO4/c1-2-3-12-23-18(21)14-6-8-15(9-7-14)19-17(20)11-10-16-5-4-13-22-16/h4-9,13H,2-3,10-12H2,1H3,(H,19,20). The molecule has 5 nitrogen and oxygen atoms in total. The number of carbonyl (C=O) groups excluding carboxylic acids is 2. The van der Waals surface area contributed by atoms with Gasteiger partial charge in [0.15, 0.2) is 0 Å². The number of hydrogen-bond donors (Lipinski definition) is 1. The summed E-state index contributed by atoms with van der Waals surface area (Å²) in [6, 6.07) is 10.3. The molecule has 1 aromatic heterocycles. The molecular weight excluding hydrogens is 294 g/mol. The van der Waals surface area contributed by atoms with Gasteiger partial charge in [-0.3, -0.25) is 4.79 Å². The van der Waals surface area contributed by atoms with Gasteiger partial charge < -0.3 is 14.5 Å². The number of furan rings is 1. The number of rotatable bonds is 8. The van der Waals surface area contributed by atoms with E-state index < -0.39 is 0 Å². The summed E-state index contributed by atoms with van der Waals surface area (Å²) in [6.45, 7) is 2.47. The SMILES string of the molecule is CCCCOC(=O)c1ccc(NC(=O)CCc2ccco2)cc1. The smallest absolute Gasteiger partial charge is 0.338 e. The Balaban J connectivity index is 1.79. The summed E-state index contributed by atoms with van der Waals surface area (Å²) in [5.74, 6) is 0.346. The highest BCUT2D eigenvalue weighted by Crippen LogP contribution is 2.12. The first-order valence-corrected chi connectivity index (χ1v) is 7.78. The third-order valence-electron chi connectivity index (χ3n) is 3.31. The van der Waals surface area contributed by atoms with Crippen LogP contribution >= 0.6 is 0 Å². The molecule has 0 aliphatic heterocycles. The first kappa shape index (κ1) is 16.8. The lowest BCUT2D eigenvalue weighted by atomic mass is 10.2. The van der Waals surface area contributed by atoms with Crippen LogP contribution in [0.4, 0.5) is 5.69 Å². The zero-order chi connectivity index (χ0) is 16.5. The minimum atomic E-state index is -0.339. The van der Waals surface area contributed by atoms with Gasteiger partial charge in [0.1, 0.15) is 5.76 Å². The second kappa shape index (κ2) is 8.78. The lowest BCUT2D eigenvalue weighted by Crippen LogP contribution is -2.12. The molecule has 0 aliphatic carbocycles. The number of benzene rings is 1. The maximum Gasteiger partial charge on any atom is 0.338 e. The zero-order valence-electron chi connectivity index (χ0n) is 13.2. The molecular formula is C18H21NO4. The highest BCUT2D eigenvalue weighted by molar-refractivity contribution is 5.93. The van der Waals surface area contributed by atoms with Crippen molar-refractivity contribution in [2.45, 2.75) is 32.6 Å². The van der Waals surface area contributed by atoms with E-state index in [0.29, 0.717) is 30.7 Å². The number of esters is 1. The highest BCUT2D eigenvalue weighted by Gasteiger charge is 2.08. The molecule has 1 aromatic carbocycles. The van der Waals surface area contributed by atoms with Crippen LogP contribution in [0.3, 0.4) is 0 Å². The molecule has 0 atom stereocenters. The molecule has 122 valence electrons. The van der Waals surface area contributed by atoms with Crippen LogP contribution in [0.25, 0.3) is 0 Å². The second-order valence-corrected chi connectivity index (χ2v) is 5.19. The quantitative estimate of drug-likeness (QED) is 0.594. The molecule has 0 spiro atoms. The van der Waals surface area contributed by atoms with Crippen molar-refractivity contribution < 1.29 is 18.7 Å². The minimum Gasteiger partial charge on any atom is -0.469 e. The fraction of sp³-hybridized carbons (Fsp3) is 0.333. The van der Waals surface area contributed by atoms with E-state index in [4.69, 9.17) is 9.15 Å². The second-order valence-electron chi connectivity index (χ2n) is 5.19. The van der Waals surface area contributed by atoms with Gasteiger partial charge in [-0.2, -0.15) is 0 Å². The van der Waals surface area contributed by atoms with Gasteiger partial charge in [0.2, 0.25) is 5.91 Å². The molecule has 1 N–H and O–H groups in total. The Hall–Kier alpha value is -2.56. The van der Waals surface area contributed by atoms with Crippen molar-refractivity contribution in [2.24, 2.45) is 0 Å². The Morgan fingerprint density at radius 3 is 2.61 bits per heavy atom. The number of unbranched alkanes of at least 4 members (excludes halogenated alkanes) is 1. The van der Waals surface area contributed by atoms with Gasteiger partial charge in [-0.25, -0.2) is 4.79 Å². The van der Waals surface area contributed by atoms with Crippen LogP contribution in [-0.2, 0) is 16.0 Å². The number of anilines is 1. The van der Waals surface area contributed by atoms with E-state index in [-0.39, 0.29) is 11.9 Å². The predicted octanol–water partition coefficient (Wildman–Crippen LogP) is 3.81. The van der Waals surface area contributed by atoms with Crippen LogP contribution in [0.1, 0.15) is 42.3 Å². The minimum absolute atomic E-state index is 0.0975. The summed E-state index contributed by atoms with van der Waals surface area (Å²) in [6.07, 6.45) is 4.33. The number of aryl methyl sites for hydroxylation is 1. The largest absolute Gasteiger partial charge is 0.469 e. The molecule has 0 aliphatic rings. The normalized spacial score (nSPS) is 10.3. The third kappa shape index (κ3) is 5.62. The van der Waals surface area contributed by atoms with Crippen molar-refractivity contribution in [3.8, 4) is 0 Å². The van der Waals surface area contributed by atoms with Crippen molar-refractivity contribution in [3.05, 3.63) is 54.0 Å². The van der Waals surface area contributed by atoms with E-state index in [9.17, 15) is 9.59 Å². The first-order chi connectivity index (χ1) is 11.2. The molecule has 0 radical (unpaired) electrons. The van der Waals surface area contributed by atoms with Gasteiger partial charge in [-0.05, 0) is 42.8 Å². The molecule has 0 fully saturated rings. The molecule has 2 rings (SSSR count). The third-order valence-corrected chi connectivity index (χ3v) is 3.31. The Bertz CT molecular complexity index is 617. The molecule has 0 bridgehead atoms. The van der Waals surface area contributed by atoms with E-state index in [2.05, 4.69) is 5.32 Å². The maximum absolute atomic E-state index is 11.9. The van der Waals surface area contributed by atoms with Crippen LogP contribution in [-0.4, -0.2) is 18.5 Å². The monoisotopic (exact) mass is 315 g/mol. The van der Waals surface area contributed by atoms with E-state index in [1.165, 1.54) is 0 Å². The van der Waals surface area contributed by atoms with Gasteiger partial charge in [-0.1, -0.05) is 13.3 Å². The summed E-state index contributed by atoms with van der Waals surface area (Å²) < 4.78 is 10.3. The predicted molar refractivity (Wildman–Crippen MR) is 87.3 cm³/mol. The van der Waals surface area contributed by atoms with Crippen molar-refractivity contribution in [1.82, 2.24) is 0 Å². The van der Waals surface area contributed by atoms with Crippen molar-refractivity contribution in [3.63, 3.8) is 0 Å². The van der Waals surface area contributed by atoms with E-state index in [1.807, 2.05) is 13.0 Å². The molecule has 5 heteroatoms. The summed E-state index contributed by atoms with van der Waals surface area (Å²) in [5, 5.41) is 2.79. The average Bonchev–Trinajstić information content (AvgIpc) is 3.07. The van der Waals surface area contributed by atoms with Crippen molar-refractivity contribution in [2.75, 3.05) is 11.9 Å². The lowest BCUT2D eigenvalue weighted by molar-refractivity contribution is -0.116. The van der Waals surface area contributed by atoms with Crippen molar-refractivity contribution in [1.29, 1.82) is 0 Å². The molecule has 1 heterocycles. The molecule has 0 saturated carbocycles. The van der Waals surface area contributed by atoms with E-state index in [1.54, 1.807) is 36.6 Å². The zero-order valence-corrected chi connectivity index (χ0v) is 13.2. The van der Waals surface area contributed by atoms with E-state index in [0.717, 1.165) is 18.6 Å². The molecule has 1 amide bonds. The van der Waals surface area contributed by atoms with E-state index >= 15 is 0 Å². The van der Waals surface area contributed by atoms with Crippen LogP contribution in [0, 0.1) is 0 Å². The molecule has 2 aromatic rings. The lowest BCUT2D eigenvalue weighted by Gasteiger charge is -2.07. The molecule has 23 heavy (non-hydrogen) atoms. The number of carbonyl (C=O) groups is 2. The Labute approximate surface area is 135 Å². The fourth-order valence-corrected chi connectivity index (χ4v) is 2.00. The van der Waals surface area contributed by atoms with Crippen LogP contribution in [0.2, 0.25) is 0 Å². The Morgan fingerprint density at radius 1 is 1.17 bits per heavy atom. The fourth-order valence-electron chi connectivity index (χ4n) is 2.00. The van der Waals surface area contributed by atoms with Crippen LogP contribution in [0.5, 0.6) is 0 Å². The van der Waals surface area contributed by atoms with Crippen LogP contribution < -0.4 is 5.32 Å². The van der Waals surface area contributed by atoms with Crippen LogP contribution in [0.15, 0.2) is 47.1 Å². The first-order valence-electron chi connectivity index (χ1n) is 7.78. The van der Waals surface area contributed by atoms with Gasteiger partial charge in [0, 0.05) is 18.5 Å². The molecule has 0 unspecified atom stereocenters. The summed E-state index contributed by atoms with van der Waals surface area (Å²) in [4.78, 5) is 23.6. The number of nitrogens with one attached hydrogen (secondary N) is 1. The number of ether oxygens (including phenoxy) is 1. The van der Waals surface area contributed by atoms with Gasteiger partial charge in [0.25, 0.3) is 0 Å². The molecule has 0 saturated heterocycles. The maximum atomic E-state index is 11.9. The van der Waals surface area contributed by atoms with Gasteiger partial charge in [-0.15, -0.1) is 0 Å². The summed E-state index contributed by atoms with van der Waals surface area (Å²) >= 11 is 0. The summed E-state index contributed by atoms with van der Waals surface area (Å²) in [7, 11) is 0. The summed E-state index contributed by atoms with van der Waals surface area (Å²) in [5.41, 5.74) is 1.13. The number of amides is 1. The van der Waals surface area contributed by atoms with Gasteiger partial charge in [0.05, 0.1) is 18.4 Å². The average molecular weight is 315 g/mol. The topological polar surface area (TPSA) is 68.5 Å². The van der Waals surface area contributed by atoms with Gasteiger partial charge >= 0.3 is 5.97 Å². The Morgan fingerprint density at radius 2 is 1.96 bits per heavy atom. The van der Waals surface area contributed by atoms with Crippen molar-refractivity contribution >= 4 is 17.6 Å². The number of hydrogen-bond acceptors (Lipinski definition) is 4. The highest BCUT2D eigenvalue weighted by atomic mass is 16.5.